The Bertz CT molecular complexity index is 593. The molecule has 0 N–H and O–H groups in total. The van der Waals surface area contributed by atoms with E-state index in [1.54, 1.807) is 0 Å². The van der Waals surface area contributed by atoms with E-state index >= 15 is 0 Å². The SMILES string of the molecule is C1=CC(=Cc2cnc3ccccc3c2)CCC1. The van der Waals surface area contributed by atoms with Crippen LogP contribution in [0.2, 0.25) is 0 Å². The lowest BCUT2D eigenvalue weighted by atomic mass is 10.00. The van der Waals surface area contributed by atoms with Crippen molar-refractivity contribution in [3.05, 3.63) is 59.8 Å². The molecule has 0 radical (unpaired) electrons. The average molecular weight is 221 g/mol. The topological polar surface area (TPSA) is 12.9 Å². The second-order valence-electron chi connectivity index (χ2n) is 4.48. The number of para-hydroxylation sites is 1. The van der Waals surface area contributed by atoms with Crippen LogP contribution >= 0.6 is 0 Å². The number of nitrogens with zero attached hydrogens (tertiary/aromatic N) is 1. The Morgan fingerprint density at radius 3 is 3.00 bits per heavy atom. The molecule has 0 spiro atoms. The summed E-state index contributed by atoms with van der Waals surface area (Å²) in [6.07, 6.45) is 12.4. The highest BCUT2D eigenvalue weighted by atomic mass is 14.6. The Morgan fingerprint density at radius 2 is 2.12 bits per heavy atom. The molecule has 1 aliphatic carbocycles. The van der Waals surface area contributed by atoms with Crippen molar-refractivity contribution in [3.63, 3.8) is 0 Å². The van der Waals surface area contributed by atoms with Gasteiger partial charge in [0.25, 0.3) is 0 Å². The van der Waals surface area contributed by atoms with Crippen LogP contribution in [0.25, 0.3) is 17.0 Å². The van der Waals surface area contributed by atoms with E-state index < -0.39 is 0 Å². The molecule has 1 aromatic carbocycles. The molecule has 0 unspecified atom stereocenters. The van der Waals surface area contributed by atoms with Gasteiger partial charge in [-0.1, -0.05) is 36.4 Å². The highest BCUT2D eigenvalue weighted by Gasteiger charge is 2.00. The van der Waals surface area contributed by atoms with Gasteiger partial charge in [-0.25, -0.2) is 0 Å². The standard InChI is InChI=1S/C16H15N/c1-2-6-13(7-3-1)10-14-11-15-8-4-5-9-16(15)17-12-14/h2,4-6,8-12H,1,3,7H2. The van der Waals surface area contributed by atoms with Gasteiger partial charge in [-0.05, 0) is 42.5 Å². The van der Waals surface area contributed by atoms with E-state index in [1.165, 1.54) is 35.8 Å². The zero-order valence-corrected chi connectivity index (χ0v) is 9.76. The third-order valence-corrected chi connectivity index (χ3v) is 3.13. The molecule has 0 saturated heterocycles. The van der Waals surface area contributed by atoms with Gasteiger partial charge in [-0.3, -0.25) is 4.98 Å². The Morgan fingerprint density at radius 1 is 1.18 bits per heavy atom. The second kappa shape index (κ2) is 4.54. The normalized spacial score (nSPS) is 17.8. The van der Waals surface area contributed by atoms with Crippen LogP contribution in [0.5, 0.6) is 0 Å². The maximum atomic E-state index is 4.48. The summed E-state index contributed by atoms with van der Waals surface area (Å²) in [5.41, 5.74) is 3.67. The molecule has 0 amide bonds. The van der Waals surface area contributed by atoms with E-state index in [-0.39, 0.29) is 0 Å². The first kappa shape index (κ1) is 10.3. The van der Waals surface area contributed by atoms with Crippen molar-refractivity contribution in [1.29, 1.82) is 0 Å². The fourth-order valence-electron chi connectivity index (χ4n) is 2.24. The molecule has 2 aromatic rings. The molecular weight excluding hydrogens is 206 g/mol. The van der Waals surface area contributed by atoms with Gasteiger partial charge in [-0.2, -0.15) is 0 Å². The monoisotopic (exact) mass is 221 g/mol. The molecule has 1 aliphatic rings. The van der Waals surface area contributed by atoms with Gasteiger partial charge in [0.05, 0.1) is 5.52 Å². The van der Waals surface area contributed by atoms with Crippen molar-refractivity contribution < 1.29 is 0 Å². The summed E-state index contributed by atoms with van der Waals surface area (Å²) in [4.78, 5) is 4.48. The molecule has 0 saturated carbocycles. The summed E-state index contributed by atoms with van der Waals surface area (Å²) in [6, 6.07) is 10.4. The first-order chi connectivity index (χ1) is 8.42. The van der Waals surface area contributed by atoms with Crippen LogP contribution in [-0.4, -0.2) is 4.98 Å². The van der Waals surface area contributed by atoms with E-state index in [9.17, 15) is 0 Å². The van der Waals surface area contributed by atoms with Crippen molar-refractivity contribution in [3.8, 4) is 0 Å². The summed E-state index contributed by atoms with van der Waals surface area (Å²) < 4.78 is 0. The van der Waals surface area contributed by atoms with Crippen LogP contribution in [0.15, 0.2) is 54.3 Å². The predicted molar refractivity (Wildman–Crippen MR) is 72.7 cm³/mol. The predicted octanol–water partition coefficient (Wildman–Crippen LogP) is 4.36. The molecule has 1 nitrogen and oxygen atoms in total. The van der Waals surface area contributed by atoms with E-state index in [1.807, 2.05) is 18.3 Å². The lowest BCUT2D eigenvalue weighted by Gasteiger charge is -2.07. The number of pyridine rings is 1. The van der Waals surface area contributed by atoms with Gasteiger partial charge in [0.15, 0.2) is 0 Å². The van der Waals surface area contributed by atoms with Gasteiger partial charge in [0.2, 0.25) is 0 Å². The van der Waals surface area contributed by atoms with Crippen molar-refractivity contribution in [2.45, 2.75) is 19.3 Å². The highest BCUT2D eigenvalue weighted by molar-refractivity contribution is 5.80. The third-order valence-electron chi connectivity index (χ3n) is 3.13. The molecule has 1 aromatic heterocycles. The van der Waals surface area contributed by atoms with E-state index in [0.29, 0.717) is 0 Å². The number of aromatic nitrogens is 1. The van der Waals surface area contributed by atoms with Crippen LogP contribution in [0.4, 0.5) is 0 Å². The zero-order valence-electron chi connectivity index (χ0n) is 9.76. The van der Waals surface area contributed by atoms with E-state index in [2.05, 4.69) is 41.4 Å². The van der Waals surface area contributed by atoms with Gasteiger partial charge < -0.3 is 0 Å². The second-order valence-corrected chi connectivity index (χ2v) is 4.48. The molecular formula is C16H15N. The molecule has 0 fully saturated rings. The lowest BCUT2D eigenvalue weighted by molar-refractivity contribution is 0.825. The quantitative estimate of drug-likeness (QED) is 0.697. The summed E-state index contributed by atoms with van der Waals surface area (Å²) in [7, 11) is 0. The minimum atomic E-state index is 1.06. The van der Waals surface area contributed by atoms with Crippen LogP contribution in [0.3, 0.4) is 0 Å². The van der Waals surface area contributed by atoms with Crippen LogP contribution in [0.1, 0.15) is 24.8 Å². The minimum Gasteiger partial charge on any atom is -0.256 e. The molecule has 1 heterocycles. The summed E-state index contributed by atoms with van der Waals surface area (Å²) in [5, 5.41) is 1.21. The van der Waals surface area contributed by atoms with Crippen LogP contribution in [0, 0.1) is 0 Å². The van der Waals surface area contributed by atoms with Crippen molar-refractivity contribution >= 4 is 17.0 Å². The summed E-state index contributed by atoms with van der Waals surface area (Å²) in [5.74, 6) is 0. The summed E-state index contributed by atoms with van der Waals surface area (Å²) in [6.45, 7) is 0. The van der Waals surface area contributed by atoms with E-state index in [4.69, 9.17) is 0 Å². The van der Waals surface area contributed by atoms with Crippen molar-refractivity contribution in [1.82, 2.24) is 4.98 Å². The Labute approximate surface area is 102 Å². The number of allylic oxidation sites excluding steroid dienone is 3. The minimum absolute atomic E-state index is 1.06. The first-order valence-electron chi connectivity index (χ1n) is 6.14. The molecule has 84 valence electrons. The Kier molecular flexibility index (Phi) is 2.74. The number of rotatable bonds is 1. The van der Waals surface area contributed by atoms with Gasteiger partial charge >= 0.3 is 0 Å². The Balaban J connectivity index is 2.00. The fourth-order valence-corrected chi connectivity index (χ4v) is 2.24. The highest BCUT2D eigenvalue weighted by Crippen LogP contribution is 2.20. The first-order valence-corrected chi connectivity index (χ1v) is 6.14. The Hall–Kier alpha value is -1.89. The van der Waals surface area contributed by atoms with Crippen molar-refractivity contribution in [2.75, 3.05) is 0 Å². The van der Waals surface area contributed by atoms with Crippen LogP contribution in [-0.2, 0) is 0 Å². The molecule has 0 aliphatic heterocycles. The van der Waals surface area contributed by atoms with Gasteiger partial charge in [0.1, 0.15) is 0 Å². The smallest absolute Gasteiger partial charge is 0.0702 e. The molecule has 0 bridgehead atoms. The molecule has 1 heteroatoms. The van der Waals surface area contributed by atoms with Crippen molar-refractivity contribution in [2.24, 2.45) is 0 Å². The van der Waals surface area contributed by atoms with E-state index in [0.717, 1.165) is 5.52 Å². The lowest BCUT2D eigenvalue weighted by Crippen LogP contribution is -1.87. The fraction of sp³-hybridized carbons (Fsp3) is 0.188. The number of hydrogen-bond donors (Lipinski definition) is 0. The third kappa shape index (κ3) is 2.28. The number of fused-ring (bicyclic) bond motifs is 1. The maximum Gasteiger partial charge on any atom is 0.0702 e. The average Bonchev–Trinajstić information content (AvgIpc) is 2.40. The molecule has 3 rings (SSSR count). The molecule has 17 heavy (non-hydrogen) atoms. The molecule has 0 atom stereocenters. The van der Waals surface area contributed by atoms with Gasteiger partial charge in [0, 0.05) is 11.6 Å². The number of benzene rings is 1. The van der Waals surface area contributed by atoms with Crippen LogP contribution < -0.4 is 0 Å². The summed E-state index contributed by atoms with van der Waals surface area (Å²) >= 11 is 0. The largest absolute Gasteiger partial charge is 0.256 e. The number of hydrogen-bond acceptors (Lipinski definition) is 1. The van der Waals surface area contributed by atoms with Gasteiger partial charge in [-0.15, -0.1) is 0 Å². The zero-order chi connectivity index (χ0) is 11.5. The maximum absolute atomic E-state index is 4.48.